The van der Waals surface area contributed by atoms with E-state index in [-0.39, 0.29) is 11.9 Å². The topological polar surface area (TPSA) is 65.8 Å². The smallest absolute Gasteiger partial charge is 0.308 e. The number of aliphatic imine (C=N–C) groups is 2. The quantitative estimate of drug-likeness (QED) is 0.622. The Balaban J connectivity index is 1.71. The van der Waals surface area contributed by atoms with Gasteiger partial charge in [-0.2, -0.15) is 0 Å². The summed E-state index contributed by atoms with van der Waals surface area (Å²) in [4.78, 5) is 22.2. The Labute approximate surface area is 163 Å². The first kappa shape index (κ1) is 17.7. The van der Waals surface area contributed by atoms with Crippen LogP contribution in [0.5, 0.6) is 0 Å². The summed E-state index contributed by atoms with van der Waals surface area (Å²) in [6.45, 7) is 1.96. The van der Waals surface area contributed by atoms with Gasteiger partial charge in [-0.25, -0.2) is 9.79 Å². The summed E-state index contributed by atoms with van der Waals surface area (Å²) in [6, 6.07) is 26.6. The highest BCUT2D eigenvalue weighted by molar-refractivity contribution is 6.18. The number of amidine groups is 1. The molecular formula is C23H20N4O. The number of fused-ring (bicyclic) bond motifs is 1. The molecule has 0 saturated carbocycles. The third-order valence-corrected chi connectivity index (χ3v) is 4.52. The van der Waals surface area contributed by atoms with Crippen LogP contribution in [-0.2, 0) is 0 Å². The van der Waals surface area contributed by atoms with Gasteiger partial charge in [0.05, 0.1) is 17.3 Å². The molecule has 0 spiro atoms. The molecule has 0 fully saturated rings. The molecule has 3 aromatic carbocycles. The van der Waals surface area contributed by atoms with Gasteiger partial charge in [0.2, 0.25) is 0 Å². The van der Waals surface area contributed by atoms with E-state index in [1.54, 1.807) is 0 Å². The van der Waals surface area contributed by atoms with Gasteiger partial charge in [-0.1, -0.05) is 60.7 Å². The molecule has 138 valence electrons. The molecule has 0 radical (unpaired) electrons. The summed E-state index contributed by atoms with van der Waals surface area (Å²) in [5, 5.41) is 5.80. The lowest BCUT2D eigenvalue weighted by atomic mass is 9.93. The zero-order valence-corrected chi connectivity index (χ0v) is 15.5. The number of carbonyl (C=O) groups excluding carboxylic acids is 1. The van der Waals surface area contributed by atoms with Gasteiger partial charge in [0.15, 0.2) is 0 Å². The van der Waals surface area contributed by atoms with Crippen LogP contribution in [0.15, 0.2) is 94.9 Å². The number of anilines is 1. The second-order valence-electron chi connectivity index (χ2n) is 6.53. The SMILES string of the molecule is CC1=Nc2ccccc2N=C(NC(=O)Nc2ccccc2)C1c1ccccc1. The zero-order valence-electron chi connectivity index (χ0n) is 15.5. The summed E-state index contributed by atoms with van der Waals surface area (Å²) < 4.78 is 0. The van der Waals surface area contributed by atoms with Crippen molar-refractivity contribution in [1.82, 2.24) is 5.32 Å². The number of rotatable bonds is 2. The molecule has 1 unspecified atom stereocenters. The van der Waals surface area contributed by atoms with Gasteiger partial charge in [-0.05, 0) is 36.8 Å². The molecule has 1 atom stereocenters. The highest BCUT2D eigenvalue weighted by Gasteiger charge is 2.26. The minimum absolute atomic E-state index is 0.241. The number of hydrogen-bond acceptors (Lipinski definition) is 3. The van der Waals surface area contributed by atoms with E-state index in [4.69, 9.17) is 9.98 Å². The fourth-order valence-corrected chi connectivity index (χ4v) is 3.24. The van der Waals surface area contributed by atoms with Gasteiger partial charge in [-0.15, -0.1) is 0 Å². The van der Waals surface area contributed by atoms with Crippen LogP contribution in [0, 0.1) is 0 Å². The van der Waals surface area contributed by atoms with Crippen molar-refractivity contribution in [3.8, 4) is 0 Å². The first-order valence-corrected chi connectivity index (χ1v) is 9.11. The van der Waals surface area contributed by atoms with Crippen molar-refractivity contribution in [3.63, 3.8) is 0 Å². The first-order chi connectivity index (χ1) is 13.7. The highest BCUT2D eigenvalue weighted by Crippen LogP contribution is 2.34. The predicted molar refractivity (Wildman–Crippen MR) is 114 cm³/mol. The summed E-state index contributed by atoms with van der Waals surface area (Å²) in [7, 11) is 0. The van der Waals surface area contributed by atoms with Crippen molar-refractivity contribution in [2.75, 3.05) is 5.32 Å². The molecule has 1 aliphatic rings. The van der Waals surface area contributed by atoms with E-state index < -0.39 is 0 Å². The largest absolute Gasteiger partial charge is 0.324 e. The molecule has 3 aromatic rings. The van der Waals surface area contributed by atoms with Crippen LogP contribution in [0.4, 0.5) is 21.9 Å². The standard InChI is InChI=1S/C23H20N4O/c1-16-21(17-10-4-2-5-11-17)22(26-20-15-9-8-14-19(20)24-16)27-23(28)25-18-12-6-3-7-13-18/h2-15,21H,1H3,(H2,25,26,27,28). The van der Waals surface area contributed by atoms with Gasteiger partial charge in [0.1, 0.15) is 5.84 Å². The molecule has 5 nitrogen and oxygen atoms in total. The highest BCUT2D eigenvalue weighted by atomic mass is 16.2. The van der Waals surface area contributed by atoms with Crippen LogP contribution < -0.4 is 10.6 Å². The number of nitrogens with one attached hydrogen (secondary N) is 2. The normalized spacial score (nSPS) is 15.5. The van der Waals surface area contributed by atoms with Crippen molar-refractivity contribution < 1.29 is 4.79 Å². The van der Waals surface area contributed by atoms with Crippen molar-refractivity contribution in [3.05, 3.63) is 90.5 Å². The van der Waals surface area contributed by atoms with E-state index >= 15 is 0 Å². The zero-order chi connectivity index (χ0) is 19.3. The maximum Gasteiger partial charge on any atom is 0.324 e. The lowest BCUT2D eigenvalue weighted by Gasteiger charge is -2.19. The fraction of sp³-hybridized carbons (Fsp3) is 0.0870. The van der Waals surface area contributed by atoms with E-state index in [0.29, 0.717) is 5.84 Å². The molecule has 0 aromatic heterocycles. The van der Waals surface area contributed by atoms with Gasteiger partial charge in [-0.3, -0.25) is 10.3 Å². The molecule has 0 saturated heterocycles. The van der Waals surface area contributed by atoms with Gasteiger partial charge in [0, 0.05) is 11.4 Å². The first-order valence-electron chi connectivity index (χ1n) is 9.11. The summed E-state index contributed by atoms with van der Waals surface area (Å²) in [5.74, 6) is 0.306. The minimum atomic E-state index is -0.335. The Morgan fingerprint density at radius 2 is 1.32 bits per heavy atom. The molecule has 0 bridgehead atoms. The summed E-state index contributed by atoms with van der Waals surface area (Å²) in [6.07, 6.45) is 0. The molecule has 1 aliphatic heterocycles. The Hall–Kier alpha value is -3.73. The molecule has 4 rings (SSSR count). The van der Waals surface area contributed by atoms with Crippen molar-refractivity contribution in [2.45, 2.75) is 12.8 Å². The molecule has 2 N–H and O–H groups in total. The number of hydrogen-bond donors (Lipinski definition) is 2. The van der Waals surface area contributed by atoms with Crippen LogP contribution in [0.25, 0.3) is 0 Å². The van der Waals surface area contributed by atoms with Crippen LogP contribution in [0.2, 0.25) is 0 Å². The van der Waals surface area contributed by atoms with Crippen LogP contribution in [0.3, 0.4) is 0 Å². The van der Waals surface area contributed by atoms with E-state index in [9.17, 15) is 4.79 Å². The van der Waals surface area contributed by atoms with Gasteiger partial charge >= 0.3 is 6.03 Å². The third kappa shape index (κ3) is 3.83. The molecule has 2 amide bonds. The molecule has 28 heavy (non-hydrogen) atoms. The number of para-hydroxylation sites is 3. The Bertz CT molecular complexity index is 1040. The lowest BCUT2D eigenvalue weighted by molar-refractivity contribution is 0.256. The third-order valence-electron chi connectivity index (χ3n) is 4.52. The molecule has 5 heteroatoms. The minimum Gasteiger partial charge on any atom is -0.308 e. The number of nitrogens with zero attached hydrogens (tertiary/aromatic N) is 2. The summed E-state index contributed by atoms with van der Waals surface area (Å²) >= 11 is 0. The van der Waals surface area contributed by atoms with Gasteiger partial charge in [0.25, 0.3) is 0 Å². The summed E-state index contributed by atoms with van der Waals surface area (Å²) in [5.41, 5.74) is 4.14. The maximum atomic E-state index is 12.6. The van der Waals surface area contributed by atoms with Crippen LogP contribution in [-0.4, -0.2) is 17.6 Å². The monoisotopic (exact) mass is 368 g/mol. The average molecular weight is 368 g/mol. The number of amides is 2. The molecule has 0 aliphatic carbocycles. The lowest BCUT2D eigenvalue weighted by Crippen LogP contribution is -2.39. The molecule has 1 heterocycles. The van der Waals surface area contributed by atoms with E-state index in [1.165, 1.54) is 0 Å². The van der Waals surface area contributed by atoms with E-state index in [2.05, 4.69) is 10.6 Å². The van der Waals surface area contributed by atoms with Crippen molar-refractivity contribution >= 4 is 34.6 Å². The average Bonchev–Trinajstić information content (AvgIpc) is 2.84. The Morgan fingerprint density at radius 3 is 2.00 bits per heavy atom. The number of carbonyl (C=O) groups is 1. The molecular weight excluding hydrogens is 348 g/mol. The second-order valence-corrected chi connectivity index (χ2v) is 6.53. The van der Waals surface area contributed by atoms with Gasteiger partial charge < -0.3 is 5.32 Å². The Morgan fingerprint density at radius 1 is 0.750 bits per heavy atom. The number of benzene rings is 3. The second kappa shape index (κ2) is 7.88. The number of urea groups is 1. The van der Waals surface area contributed by atoms with Crippen molar-refractivity contribution in [1.29, 1.82) is 0 Å². The van der Waals surface area contributed by atoms with E-state index in [0.717, 1.165) is 28.3 Å². The maximum absolute atomic E-state index is 12.6. The van der Waals surface area contributed by atoms with Crippen LogP contribution in [0.1, 0.15) is 18.4 Å². The van der Waals surface area contributed by atoms with Crippen molar-refractivity contribution in [2.24, 2.45) is 9.98 Å². The predicted octanol–water partition coefficient (Wildman–Crippen LogP) is 5.43. The Kier molecular flexibility index (Phi) is 4.97. The fourth-order valence-electron chi connectivity index (χ4n) is 3.24. The van der Waals surface area contributed by atoms with E-state index in [1.807, 2.05) is 91.9 Å². The van der Waals surface area contributed by atoms with Crippen LogP contribution >= 0.6 is 0 Å².